The number of rotatable bonds is 7. The second-order valence-corrected chi connectivity index (χ2v) is 10.3. The van der Waals surface area contributed by atoms with Gasteiger partial charge in [0.1, 0.15) is 5.25 Å². The van der Waals surface area contributed by atoms with Gasteiger partial charge in [0, 0.05) is 19.4 Å². The first-order valence-corrected chi connectivity index (χ1v) is 12.5. The average Bonchev–Trinajstić information content (AvgIpc) is 2.91. The van der Waals surface area contributed by atoms with Crippen LogP contribution in [0.3, 0.4) is 0 Å². The molecule has 0 aliphatic carbocycles. The lowest BCUT2D eigenvalue weighted by Crippen LogP contribution is -2.31. The number of carbonyl (C=O) groups excluding carboxylic acids is 2. The van der Waals surface area contributed by atoms with Crippen molar-refractivity contribution in [2.45, 2.75) is 42.2 Å². The van der Waals surface area contributed by atoms with E-state index in [0.29, 0.717) is 37.1 Å². The molecular formula is C25H26N2O5S. The van der Waals surface area contributed by atoms with E-state index >= 15 is 0 Å². The Kier molecular flexibility index (Phi) is 6.76. The number of para-hydroxylation sites is 1. The van der Waals surface area contributed by atoms with E-state index in [2.05, 4.69) is 0 Å². The molecule has 0 fully saturated rings. The topological polar surface area (TPSA) is 104 Å². The molecule has 0 radical (unpaired) electrons. The van der Waals surface area contributed by atoms with Gasteiger partial charge in [-0.3, -0.25) is 14.8 Å². The Morgan fingerprint density at radius 1 is 0.970 bits per heavy atom. The third-order valence-corrected chi connectivity index (χ3v) is 8.21. The minimum Gasteiger partial charge on any atom is -0.311 e. The predicted molar refractivity (Wildman–Crippen MR) is 126 cm³/mol. The number of carbonyl (C=O) groups is 2. The molecule has 1 heterocycles. The van der Waals surface area contributed by atoms with Crippen molar-refractivity contribution in [2.75, 3.05) is 11.4 Å². The minimum absolute atomic E-state index is 0.141. The zero-order valence-electron chi connectivity index (χ0n) is 18.1. The summed E-state index contributed by atoms with van der Waals surface area (Å²) in [6, 6.07) is 19.8. The Balaban J connectivity index is 1.67. The molecule has 1 unspecified atom stereocenters. The van der Waals surface area contributed by atoms with Crippen molar-refractivity contribution >= 4 is 38.1 Å². The molecule has 4 rings (SSSR count). The van der Waals surface area contributed by atoms with E-state index in [0.717, 1.165) is 10.8 Å². The number of unbranched alkanes of at least 4 members (excludes halogenated alkanes) is 2. The quantitative estimate of drug-likeness (QED) is 0.309. The Bertz CT molecular complexity index is 1280. The summed E-state index contributed by atoms with van der Waals surface area (Å²) in [5.41, 5.74) is 2.64. The molecule has 172 valence electrons. The zero-order valence-corrected chi connectivity index (χ0v) is 18.9. The molecule has 0 saturated heterocycles. The minimum atomic E-state index is -3.82. The second kappa shape index (κ2) is 9.72. The highest BCUT2D eigenvalue weighted by Gasteiger charge is 2.39. The number of benzene rings is 3. The highest BCUT2D eigenvalue weighted by atomic mass is 32.2. The van der Waals surface area contributed by atoms with E-state index in [1.165, 1.54) is 0 Å². The summed E-state index contributed by atoms with van der Waals surface area (Å²) in [4.78, 5) is 26.3. The first kappa shape index (κ1) is 22.9. The summed E-state index contributed by atoms with van der Waals surface area (Å²) in [5, 5.41) is 9.38. The van der Waals surface area contributed by atoms with E-state index < -0.39 is 21.0 Å². The van der Waals surface area contributed by atoms with Crippen molar-refractivity contribution in [3.8, 4) is 0 Å². The number of sulfone groups is 1. The summed E-state index contributed by atoms with van der Waals surface area (Å²) in [5.74, 6) is -0.690. The largest absolute Gasteiger partial charge is 0.311 e. The number of fused-ring (bicyclic) bond motifs is 2. The molecule has 0 spiro atoms. The summed E-state index contributed by atoms with van der Waals surface area (Å²) in [7, 11) is -3.82. The van der Waals surface area contributed by atoms with Gasteiger partial charge in [-0.2, -0.15) is 0 Å². The van der Waals surface area contributed by atoms with Crippen LogP contribution in [0.4, 0.5) is 5.69 Å². The van der Waals surface area contributed by atoms with Crippen LogP contribution in [0.15, 0.2) is 71.6 Å². The van der Waals surface area contributed by atoms with Crippen LogP contribution in [-0.4, -0.2) is 32.0 Å². The molecule has 1 aliphatic rings. The monoisotopic (exact) mass is 466 g/mol. The van der Waals surface area contributed by atoms with Gasteiger partial charge in [0.2, 0.25) is 11.8 Å². The van der Waals surface area contributed by atoms with Gasteiger partial charge in [-0.15, -0.1) is 0 Å². The van der Waals surface area contributed by atoms with Gasteiger partial charge in [0.15, 0.2) is 9.84 Å². The van der Waals surface area contributed by atoms with Crippen LogP contribution in [0.25, 0.3) is 10.8 Å². The van der Waals surface area contributed by atoms with Crippen molar-refractivity contribution in [1.29, 1.82) is 0 Å². The summed E-state index contributed by atoms with van der Waals surface area (Å²) in [6.45, 7) is 0.356. The van der Waals surface area contributed by atoms with Gasteiger partial charge >= 0.3 is 0 Å². The fourth-order valence-electron chi connectivity index (χ4n) is 4.43. The lowest BCUT2D eigenvalue weighted by Gasteiger charge is -2.22. The van der Waals surface area contributed by atoms with Crippen LogP contribution >= 0.6 is 0 Å². The molecule has 2 N–H and O–H groups in total. The number of amides is 2. The summed E-state index contributed by atoms with van der Waals surface area (Å²) >= 11 is 0. The normalized spacial score (nSPS) is 17.4. The Hall–Kier alpha value is -3.23. The summed E-state index contributed by atoms with van der Waals surface area (Å²) in [6.07, 6.45) is 1.89. The maximum atomic E-state index is 13.8. The van der Waals surface area contributed by atoms with Crippen molar-refractivity contribution in [2.24, 2.45) is 0 Å². The van der Waals surface area contributed by atoms with E-state index in [9.17, 15) is 18.0 Å². The molecule has 1 atom stereocenters. The van der Waals surface area contributed by atoms with Crippen molar-refractivity contribution < 1.29 is 23.2 Å². The first-order valence-electron chi connectivity index (χ1n) is 11.0. The molecule has 2 amide bonds. The van der Waals surface area contributed by atoms with Crippen LogP contribution in [0, 0.1) is 0 Å². The third-order valence-electron chi connectivity index (χ3n) is 6.08. The van der Waals surface area contributed by atoms with Crippen LogP contribution in [0.2, 0.25) is 0 Å². The second-order valence-electron chi connectivity index (χ2n) is 8.16. The molecule has 7 nitrogen and oxygen atoms in total. The van der Waals surface area contributed by atoms with Gasteiger partial charge in [0.05, 0.1) is 10.6 Å². The Morgan fingerprint density at radius 2 is 1.70 bits per heavy atom. The molecule has 8 heteroatoms. The number of anilines is 1. The van der Waals surface area contributed by atoms with Gasteiger partial charge in [-0.1, -0.05) is 61.0 Å². The Morgan fingerprint density at radius 3 is 2.52 bits per heavy atom. The highest BCUT2D eigenvalue weighted by molar-refractivity contribution is 7.92. The van der Waals surface area contributed by atoms with Crippen LogP contribution in [-0.2, 0) is 19.4 Å². The molecule has 33 heavy (non-hydrogen) atoms. The van der Waals surface area contributed by atoms with E-state index in [4.69, 9.17) is 5.21 Å². The molecule has 3 aromatic carbocycles. The number of nitrogens with one attached hydrogen (secondary N) is 1. The van der Waals surface area contributed by atoms with Crippen LogP contribution < -0.4 is 10.4 Å². The number of nitrogens with zero attached hydrogens (tertiary/aromatic N) is 1. The molecule has 0 aromatic heterocycles. The molecule has 0 saturated carbocycles. The zero-order chi connectivity index (χ0) is 23.4. The number of hydrogen-bond donors (Lipinski definition) is 2. The number of hydrogen-bond acceptors (Lipinski definition) is 5. The average molecular weight is 467 g/mol. The standard InChI is InChI=1S/C25H26N2O5S/c28-24(26-30)15-2-1-7-16-27-21-13-5-6-14-22(21)33(31,32)23(17-25(27)29)20-12-8-10-18-9-3-4-11-19(18)20/h3-6,8-14,23,30H,1-2,7,15-17H2,(H,26,28). The van der Waals surface area contributed by atoms with Gasteiger partial charge in [-0.05, 0) is 41.3 Å². The highest BCUT2D eigenvalue weighted by Crippen LogP contribution is 2.42. The van der Waals surface area contributed by atoms with Gasteiger partial charge < -0.3 is 4.90 Å². The van der Waals surface area contributed by atoms with Crippen molar-refractivity contribution in [3.63, 3.8) is 0 Å². The van der Waals surface area contributed by atoms with Gasteiger partial charge in [0.25, 0.3) is 0 Å². The van der Waals surface area contributed by atoms with E-state index in [-0.39, 0.29) is 23.6 Å². The van der Waals surface area contributed by atoms with Gasteiger partial charge in [-0.25, -0.2) is 13.9 Å². The predicted octanol–water partition coefficient (Wildman–Crippen LogP) is 4.16. The maximum Gasteiger partial charge on any atom is 0.243 e. The van der Waals surface area contributed by atoms with Crippen LogP contribution in [0.5, 0.6) is 0 Å². The fraction of sp³-hybridized carbons (Fsp3) is 0.280. The fourth-order valence-corrected chi connectivity index (χ4v) is 6.37. The van der Waals surface area contributed by atoms with Crippen molar-refractivity contribution in [1.82, 2.24) is 5.48 Å². The molecule has 1 aliphatic heterocycles. The maximum absolute atomic E-state index is 13.8. The van der Waals surface area contributed by atoms with Crippen molar-refractivity contribution in [3.05, 3.63) is 72.3 Å². The van der Waals surface area contributed by atoms with Crippen LogP contribution in [0.1, 0.15) is 42.9 Å². The summed E-state index contributed by atoms with van der Waals surface area (Å²) < 4.78 is 27.6. The van der Waals surface area contributed by atoms with E-state index in [1.54, 1.807) is 40.7 Å². The lowest BCUT2D eigenvalue weighted by molar-refractivity contribution is -0.129. The molecule has 3 aromatic rings. The number of hydroxylamine groups is 1. The third kappa shape index (κ3) is 4.62. The van der Waals surface area contributed by atoms with E-state index in [1.807, 2.05) is 36.4 Å². The smallest absolute Gasteiger partial charge is 0.243 e. The lowest BCUT2D eigenvalue weighted by atomic mass is 10.00. The first-order chi connectivity index (χ1) is 15.9. The Labute approximate surface area is 192 Å². The molecule has 0 bridgehead atoms. The SMILES string of the molecule is O=C(CCCCCN1C(=O)CC(c2cccc3ccccc23)S(=O)(=O)c2ccccc21)NO. The molecular weight excluding hydrogens is 440 g/mol.